The van der Waals surface area contributed by atoms with Crippen LogP contribution >= 0.6 is 0 Å². The van der Waals surface area contributed by atoms with Gasteiger partial charge in [0.2, 0.25) is 0 Å². The Bertz CT molecular complexity index is 906. The predicted octanol–water partition coefficient (Wildman–Crippen LogP) is 3.00. The Morgan fingerprint density at radius 3 is 2.63 bits per heavy atom. The van der Waals surface area contributed by atoms with Gasteiger partial charge in [0.1, 0.15) is 6.10 Å². The van der Waals surface area contributed by atoms with Crippen LogP contribution in [-0.2, 0) is 25.0 Å². The zero-order valence-corrected chi connectivity index (χ0v) is 16.2. The minimum Gasteiger partial charge on any atom is -0.382 e. The number of nitrogens with zero attached hydrogens (tertiary/aromatic N) is 4. The van der Waals surface area contributed by atoms with Gasteiger partial charge < -0.3 is 5.11 Å². The molecule has 0 amide bonds. The van der Waals surface area contributed by atoms with Crippen molar-refractivity contribution in [2.24, 2.45) is 0 Å². The van der Waals surface area contributed by atoms with Gasteiger partial charge in [0.25, 0.3) is 0 Å². The Kier molecular flexibility index (Phi) is 4.61. The van der Waals surface area contributed by atoms with Crippen molar-refractivity contribution in [2.45, 2.75) is 51.9 Å². The number of aliphatic hydroxyl groups excluding tert-OH is 1. The molecular formula is C21H27N5O. The van der Waals surface area contributed by atoms with Crippen LogP contribution in [0.3, 0.4) is 0 Å². The van der Waals surface area contributed by atoms with Crippen LogP contribution in [-0.4, -0.2) is 36.5 Å². The second-order valence-corrected chi connectivity index (χ2v) is 8.34. The third-order valence-electron chi connectivity index (χ3n) is 5.08. The number of rotatable bonds is 4. The molecule has 1 atom stereocenters. The van der Waals surface area contributed by atoms with Crippen molar-refractivity contribution >= 4 is 0 Å². The van der Waals surface area contributed by atoms with Gasteiger partial charge in [-0.3, -0.25) is 14.7 Å². The normalized spacial score (nSPS) is 16.3. The maximum Gasteiger partial charge on any atom is 0.123 e. The lowest BCUT2D eigenvalue weighted by atomic mass is 9.92. The van der Waals surface area contributed by atoms with Gasteiger partial charge in [-0.1, -0.05) is 51.1 Å². The van der Waals surface area contributed by atoms with Crippen LogP contribution in [0.15, 0.2) is 42.5 Å². The van der Waals surface area contributed by atoms with Crippen LogP contribution < -0.4 is 0 Å². The number of aromatic nitrogens is 4. The number of H-pyrrole nitrogens is 1. The van der Waals surface area contributed by atoms with Crippen molar-refractivity contribution < 1.29 is 5.11 Å². The van der Waals surface area contributed by atoms with E-state index in [-0.39, 0.29) is 5.41 Å². The lowest BCUT2D eigenvalue weighted by molar-refractivity contribution is 0.199. The fourth-order valence-electron chi connectivity index (χ4n) is 3.49. The molecule has 27 heavy (non-hydrogen) atoms. The lowest BCUT2D eigenvalue weighted by Crippen LogP contribution is -2.33. The van der Waals surface area contributed by atoms with Crippen molar-refractivity contribution in [1.82, 2.24) is 24.9 Å². The Morgan fingerprint density at radius 2 is 1.93 bits per heavy atom. The van der Waals surface area contributed by atoms with Gasteiger partial charge in [0, 0.05) is 30.7 Å². The summed E-state index contributed by atoms with van der Waals surface area (Å²) in [5.74, 6) is 0. The summed E-state index contributed by atoms with van der Waals surface area (Å²) in [5.41, 5.74) is 5.01. The summed E-state index contributed by atoms with van der Waals surface area (Å²) < 4.78 is 2.02. The largest absolute Gasteiger partial charge is 0.382 e. The molecule has 0 aliphatic carbocycles. The van der Waals surface area contributed by atoms with E-state index < -0.39 is 6.10 Å². The monoisotopic (exact) mass is 365 g/mol. The van der Waals surface area contributed by atoms with Crippen molar-refractivity contribution in [3.8, 4) is 0 Å². The fourth-order valence-corrected chi connectivity index (χ4v) is 3.49. The summed E-state index contributed by atoms with van der Waals surface area (Å²) in [4.78, 5) is 2.38. The number of benzene rings is 1. The Balaban J connectivity index is 1.46. The molecule has 3 aromatic rings. The molecule has 0 bridgehead atoms. The number of hydrogen-bond acceptors (Lipinski definition) is 4. The van der Waals surface area contributed by atoms with E-state index in [2.05, 4.69) is 47.0 Å². The molecule has 0 unspecified atom stereocenters. The van der Waals surface area contributed by atoms with Crippen molar-refractivity contribution in [1.29, 1.82) is 0 Å². The van der Waals surface area contributed by atoms with E-state index in [0.717, 1.165) is 54.5 Å². The van der Waals surface area contributed by atoms with Crippen LogP contribution in [0.2, 0.25) is 0 Å². The smallest absolute Gasteiger partial charge is 0.123 e. The lowest BCUT2D eigenvalue weighted by Gasteiger charge is -2.26. The van der Waals surface area contributed by atoms with Gasteiger partial charge in [0.05, 0.1) is 23.6 Å². The zero-order valence-electron chi connectivity index (χ0n) is 16.2. The molecular weight excluding hydrogens is 338 g/mol. The average Bonchev–Trinajstić information content (AvgIpc) is 3.28. The van der Waals surface area contributed by atoms with Gasteiger partial charge >= 0.3 is 0 Å². The van der Waals surface area contributed by atoms with Crippen LogP contribution in [0, 0.1) is 0 Å². The van der Waals surface area contributed by atoms with Crippen LogP contribution in [0.5, 0.6) is 0 Å². The van der Waals surface area contributed by atoms with Crippen LogP contribution in [0.1, 0.15) is 55.2 Å². The summed E-state index contributed by atoms with van der Waals surface area (Å²) >= 11 is 0. The molecule has 142 valence electrons. The fraction of sp³-hybridized carbons (Fsp3) is 0.429. The first kappa shape index (κ1) is 17.9. The van der Waals surface area contributed by atoms with E-state index >= 15 is 0 Å². The van der Waals surface area contributed by atoms with Crippen molar-refractivity contribution in [2.75, 3.05) is 6.54 Å². The maximum absolute atomic E-state index is 10.6. The summed E-state index contributed by atoms with van der Waals surface area (Å²) in [6, 6.07) is 13.9. The summed E-state index contributed by atoms with van der Waals surface area (Å²) in [6.07, 6.45) is -0.681. The van der Waals surface area contributed by atoms with E-state index in [0.29, 0.717) is 0 Å². The molecule has 1 aromatic carbocycles. The molecule has 1 aliphatic heterocycles. The number of hydrogen-bond donors (Lipinski definition) is 2. The Hall–Kier alpha value is -2.44. The standard InChI is InChI=1S/C21H27N5O/c1-21(2,3)19-11-16(22-23-19)13-25-9-10-26-17(14-25)12-18(24-26)20(27)15-7-5-4-6-8-15/h4-8,11-12,20,27H,9-10,13-14H2,1-3H3,(H,22,23)/t20-/m0/s1. The summed E-state index contributed by atoms with van der Waals surface area (Å²) in [5, 5.41) is 22.9. The first-order valence-corrected chi connectivity index (χ1v) is 9.47. The molecule has 6 heteroatoms. The van der Waals surface area contributed by atoms with Crippen molar-refractivity contribution in [3.63, 3.8) is 0 Å². The average molecular weight is 365 g/mol. The molecule has 0 saturated heterocycles. The molecule has 2 aromatic heterocycles. The third-order valence-corrected chi connectivity index (χ3v) is 5.08. The van der Waals surface area contributed by atoms with Gasteiger partial charge in [-0.05, 0) is 17.7 Å². The molecule has 0 fully saturated rings. The quantitative estimate of drug-likeness (QED) is 0.746. The van der Waals surface area contributed by atoms with E-state index in [4.69, 9.17) is 0 Å². The number of nitrogens with one attached hydrogen (secondary N) is 1. The van der Waals surface area contributed by atoms with Crippen LogP contribution in [0.25, 0.3) is 0 Å². The highest BCUT2D eigenvalue weighted by Gasteiger charge is 2.23. The zero-order chi connectivity index (χ0) is 19.0. The Labute approximate surface area is 159 Å². The van der Waals surface area contributed by atoms with E-state index in [1.54, 1.807) is 0 Å². The number of aromatic amines is 1. The first-order chi connectivity index (χ1) is 12.9. The molecule has 3 heterocycles. The van der Waals surface area contributed by atoms with Gasteiger partial charge in [0.15, 0.2) is 0 Å². The summed E-state index contributed by atoms with van der Waals surface area (Å²) in [7, 11) is 0. The highest BCUT2D eigenvalue weighted by molar-refractivity contribution is 5.27. The molecule has 2 N–H and O–H groups in total. The molecule has 4 rings (SSSR count). The number of aliphatic hydroxyl groups is 1. The molecule has 1 aliphatic rings. The number of fused-ring (bicyclic) bond motifs is 1. The predicted molar refractivity (Wildman–Crippen MR) is 104 cm³/mol. The van der Waals surface area contributed by atoms with E-state index in [1.165, 1.54) is 0 Å². The van der Waals surface area contributed by atoms with Gasteiger partial charge in [-0.25, -0.2) is 0 Å². The van der Waals surface area contributed by atoms with Gasteiger partial charge in [-0.15, -0.1) is 0 Å². The molecule has 0 spiro atoms. The summed E-state index contributed by atoms with van der Waals surface area (Å²) in [6.45, 7) is 9.93. The highest BCUT2D eigenvalue weighted by atomic mass is 16.3. The minimum atomic E-state index is -0.681. The Morgan fingerprint density at radius 1 is 1.15 bits per heavy atom. The third kappa shape index (κ3) is 3.82. The van der Waals surface area contributed by atoms with E-state index in [9.17, 15) is 5.11 Å². The highest BCUT2D eigenvalue weighted by Crippen LogP contribution is 2.25. The molecule has 6 nitrogen and oxygen atoms in total. The minimum absolute atomic E-state index is 0.0533. The SMILES string of the molecule is CC(C)(C)c1cc(CN2CCn3nc([C@@H](O)c4ccccc4)cc3C2)[nH]n1. The van der Waals surface area contributed by atoms with E-state index in [1.807, 2.05) is 41.1 Å². The maximum atomic E-state index is 10.6. The topological polar surface area (TPSA) is 70.0 Å². The van der Waals surface area contributed by atoms with Gasteiger partial charge in [-0.2, -0.15) is 10.2 Å². The molecule has 0 saturated carbocycles. The second kappa shape index (κ2) is 6.94. The van der Waals surface area contributed by atoms with Crippen LogP contribution in [0.4, 0.5) is 0 Å². The molecule has 0 radical (unpaired) electrons. The van der Waals surface area contributed by atoms with Crippen molar-refractivity contribution in [3.05, 3.63) is 70.8 Å². The second-order valence-electron chi connectivity index (χ2n) is 8.34. The first-order valence-electron chi connectivity index (χ1n) is 9.47.